The van der Waals surface area contributed by atoms with E-state index in [0.29, 0.717) is 0 Å². The number of halogens is 1. The summed E-state index contributed by atoms with van der Waals surface area (Å²) >= 11 is 0. The van der Waals surface area contributed by atoms with Crippen LogP contribution in [0.1, 0.15) is 0 Å². The fraction of sp³-hybridized carbons (Fsp3) is 0.400. The van der Waals surface area contributed by atoms with Crippen LogP contribution >= 0.6 is 0 Å². The maximum absolute atomic E-state index is 12.9. The van der Waals surface area contributed by atoms with Crippen LogP contribution in [0, 0.1) is 15.9 Å². The number of aliphatic hydroxyl groups excluding tert-OH is 2. The maximum atomic E-state index is 12.9. The van der Waals surface area contributed by atoms with Crippen molar-refractivity contribution in [3.05, 3.63) is 34.1 Å². The van der Waals surface area contributed by atoms with Crippen molar-refractivity contribution in [2.45, 2.75) is 0 Å². The minimum atomic E-state index is -0.701. The number of rotatable bonds is 6. The largest absolute Gasteiger partial charge is 0.395 e. The van der Waals surface area contributed by atoms with E-state index in [4.69, 9.17) is 10.2 Å². The van der Waals surface area contributed by atoms with Crippen LogP contribution in [0.4, 0.5) is 15.8 Å². The van der Waals surface area contributed by atoms with Gasteiger partial charge in [-0.1, -0.05) is 0 Å². The smallest absolute Gasteiger partial charge is 0.295 e. The van der Waals surface area contributed by atoms with Crippen LogP contribution in [0.25, 0.3) is 0 Å². The van der Waals surface area contributed by atoms with Gasteiger partial charge in [-0.2, -0.15) is 0 Å². The Morgan fingerprint density at radius 1 is 1.29 bits per heavy atom. The molecule has 0 radical (unpaired) electrons. The first-order valence-electron chi connectivity index (χ1n) is 5.00. The Balaban J connectivity index is 3.12. The molecule has 0 unspecified atom stereocenters. The third kappa shape index (κ3) is 3.36. The molecule has 1 rings (SSSR count). The Kier molecular flexibility index (Phi) is 4.80. The van der Waals surface area contributed by atoms with Crippen LogP contribution in [0.5, 0.6) is 0 Å². The van der Waals surface area contributed by atoms with Gasteiger partial charge in [-0.15, -0.1) is 0 Å². The van der Waals surface area contributed by atoms with Crippen molar-refractivity contribution in [3.8, 4) is 0 Å². The van der Waals surface area contributed by atoms with E-state index in [9.17, 15) is 14.5 Å². The lowest BCUT2D eigenvalue weighted by atomic mass is 10.2. The number of aliphatic hydroxyl groups is 2. The molecule has 0 aliphatic carbocycles. The van der Waals surface area contributed by atoms with Crippen LogP contribution < -0.4 is 4.90 Å². The quantitative estimate of drug-likeness (QED) is 0.563. The van der Waals surface area contributed by atoms with Crippen LogP contribution in [0.3, 0.4) is 0 Å². The number of hydrogen-bond acceptors (Lipinski definition) is 5. The molecule has 0 bridgehead atoms. The number of anilines is 1. The molecule has 7 heteroatoms. The van der Waals surface area contributed by atoms with Gasteiger partial charge in [0.25, 0.3) is 5.69 Å². The van der Waals surface area contributed by atoms with Crippen LogP contribution in [0.15, 0.2) is 18.2 Å². The molecule has 6 nitrogen and oxygen atoms in total. The van der Waals surface area contributed by atoms with E-state index in [1.54, 1.807) is 0 Å². The van der Waals surface area contributed by atoms with Crippen molar-refractivity contribution in [1.82, 2.24) is 0 Å². The van der Waals surface area contributed by atoms with Crippen LogP contribution in [0.2, 0.25) is 0 Å². The summed E-state index contributed by atoms with van der Waals surface area (Å²) in [6.07, 6.45) is 0. The molecule has 17 heavy (non-hydrogen) atoms. The van der Waals surface area contributed by atoms with Crippen molar-refractivity contribution in [1.29, 1.82) is 0 Å². The second-order valence-corrected chi connectivity index (χ2v) is 3.32. The van der Waals surface area contributed by atoms with E-state index in [1.807, 2.05) is 0 Å². The highest BCUT2D eigenvalue weighted by molar-refractivity contribution is 5.63. The van der Waals surface area contributed by atoms with Crippen molar-refractivity contribution < 1.29 is 19.5 Å². The summed E-state index contributed by atoms with van der Waals surface area (Å²) in [7, 11) is 0. The Hall–Kier alpha value is -1.73. The summed E-state index contributed by atoms with van der Waals surface area (Å²) < 4.78 is 12.9. The van der Waals surface area contributed by atoms with Gasteiger partial charge in [-0.3, -0.25) is 10.1 Å². The average Bonchev–Trinajstić information content (AvgIpc) is 2.28. The van der Waals surface area contributed by atoms with E-state index < -0.39 is 10.7 Å². The van der Waals surface area contributed by atoms with E-state index in [1.165, 1.54) is 11.0 Å². The SMILES string of the molecule is O=[N+]([O-])c1cc(F)ccc1N(CCO)CCO. The molecule has 94 valence electrons. The number of nitro groups is 1. The molecule has 1 aromatic rings. The highest BCUT2D eigenvalue weighted by atomic mass is 19.1. The summed E-state index contributed by atoms with van der Waals surface area (Å²) in [6.45, 7) is -0.164. The first-order chi connectivity index (χ1) is 8.10. The predicted octanol–water partition coefficient (Wildman–Crippen LogP) is 0.525. The number of hydrogen-bond donors (Lipinski definition) is 2. The molecular formula is C10H13FN2O4. The minimum absolute atomic E-state index is 0.132. The lowest BCUT2D eigenvalue weighted by molar-refractivity contribution is -0.384. The van der Waals surface area contributed by atoms with Gasteiger partial charge < -0.3 is 15.1 Å². The van der Waals surface area contributed by atoms with Crippen molar-refractivity contribution in [3.63, 3.8) is 0 Å². The lowest BCUT2D eigenvalue weighted by Crippen LogP contribution is -2.30. The second-order valence-electron chi connectivity index (χ2n) is 3.32. The molecular weight excluding hydrogens is 231 g/mol. The molecule has 0 fully saturated rings. The summed E-state index contributed by atoms with van der Waals surface area (Å²) in [5.74, 6) is -0.701. The molecule has 0 aliphatic rings. The molecule has 0 amide bonds. The summed E-state index contributed by atoms with van der Waals surface area (Å²) in [4.78, 5) is 11.5. The van der Waals surface area contributed by atoms with Gasteiger partial charge >= 0.3 is 0 Å². The van der Waals surface area contributed by atoms with Crippen molar-refractivity contribution in [2.24, 2.45) is 0 Å². The monoisotopic (exact) mass is 244 g/mol. The standard InChI is InChI=1S/C10H13FN2O4/c11-8-1-2-9(10(7-8)13(16)17)12(3-5-14)4-6-15/h1-2,7,14-15H,3-6H2. The third-order valence-electron chi connectivity index (χ3n) is 2.21. The fourth-order valence-electron chi connectivity index (χ4n) is 1.50. The first kappa shape index (κ1) is 13.3. The molecule has 0 saturated carbocycles. The van der Waals surface area contributed by atoms with Crippen molar-refractivity contribution >= 4 is 11.4 Å². The zero-order valence-corrected chi connectivity index (χ0v) is 9.04. The minimum Gasteiger partial charge on any atom is -0.395 e. The highest BCUT2D eigenvalue weighted by Crippen LogP contribution is 2.28. The Morgan fingerprint density at radius 3 is 2.35 bits per heavy atom. The zero-order valence-electron chi connectivity index (χ0n) is 9.04. The first-order valence-corrected chi connectivity index (χ1v) is 5.00. The molecule has 2 N–H and O–H groups in total. The predicted molar refractivity (Wildman–Crippen MR) is 59.4 cm³/mol. The maximum Gasteiger partial charge on any atom is 0.295 e. The summed E-state index contributed by atoms with van der Waals surface area (Å²) in [5.41, 5.74) is -0.202. The lowest BCUT2D eigenvalue weighted by Gasteiger charge is -2.22. The molecule has 0 aliphatic heterocycles. The molecule has 1 aromatic carbocycles. The number of nitrogens with zero attached hydrogens (tertiary/aromatic N) is 2. The van der Waals surface area contributed by atoms with Gasteiger partial charge in [-0.25, -0.2) is 4.39 Å². The van der Waals surface area contributed by atoms with E-state index in [-0.39, 0.29) is 37.7 Å². The number of benzene rings is 1. The highest BCUT2D eigenvalue weighted by Gasteiger charge is 2.19. The average molecular weight is 244 g/mol. The van der Waals surface area contributed by atoms with Gasteiger partial charge in [0.05, 0.1) is 24.2 Å². The zero-order chi connectivity index (χ0) is 12.8. The Bertz CT molecular complexity index is 394. The molecule has 0 heterocycles. The van der Waals surface area contributed by atoms with Gasteiger partial charge in [0.15, 0.2) is 0 Å². The van der Waals surface area contributed by atoms with E-state index >= 15 is 0 Å². The van der Waals surface area contributed by atoms with Gasteiger partial charge in [0.1, 0.15) is 11.5 Å². The second kappa shape index (κ2) is 6.12. The molecule has 0 spiro atoms. The summed E-state index contributed by atoms with van der Waals surface area (Å²) in [5, 5.41) is 28.5. The third-order valence-corrected chi connectivity index (χ3v) is 2.21. The Morgan fingerprint density at radius 2 is 1.88 bits per heavy atom. The topological polar surface area (TPSA) is 86.8 Å². The number of nitro benzene ring substituents is 1. The fourth-order valence-corrected chi connectivity index (χ4v) is 1.50. The van der Waals surface area contributed by atoms with Gasteiger partial charge in [0, 0.05) is 13.1 Å². The van der Waals surface area contributed by atoms with E-state index in [0.717, 1.165) is 12.1 Å². The molecule has 0 saturated heterocycles. The van der Waals surface area contributed by atoms with Crippen LogP contribution in [-0.2, 0) is 0 Å². The van der Waals surface area contributed by atoms with Crippen molar-refractivity contribution in [2.75, 3.05) is 31.2 Å². The van der Waals surface area contributed by atoms with Crippen LogP contribution in [-0.4, -0.2) is 41.4 Å². The Labute approximate surface area is 97.1 Å². The molecule has 0 atom stereocenters. The van der Waals surface area contributed by atoms with E-state index in [2.05, 4.69) is 0 Å². The summed E-state index contributed by atoms with van der Waals surface area (Å²) in [6, 6.07) is 3.18. The normalized spacial score (nSPS) is 10.3. The molecule has 0 aromatic heterocycles. The van der Waals surface area contributed by atoms with Gasteiger partial charge in [0.2, 0.25) is 0 Å². The van der Waals surface area contributed by atoms with Gasteiger partial charge in [-0.05, 0) is 12.1 Å².